The minimum atomic E-state index is 0.490. The minimum Gasteiger partial charge on any atom is -0.372 e. The summed E-state index contributed by atoms with van der Waals surface area (Å²) >= 11 is 0. The molecule has 3 heterocycles. The molecular weight excluding hydrogens is 394 g/mol. The lowest BCUT2D eigenvalue weighted by Crippen LogP contribution is -2.31. The van der Waals surface area contributed by atoms with Crippen LogP contribution in [0.25, 0.3) is 11.5 Å². The number of nitrogens with zero attached hydrogens (tertiary/aromatic N) is 9. The van der Waals surface area contributed by atoms with Gasteiger partial charge >= 0.3 is 0 Å². The third kappa shape index (κ3) is 3.77. The van der Waals surface area contributed by atoms with Gasteiger partial charge in [-0.25, -0.2) is 15.0 Å². The second kappa shape index (κ2) is 8.60. The van der Waals surface area contributed by atoms with Crippen molar-refractivity contribution in [3.05, 3.63) is 48.2 Å². The van der Waals surface area contributed by atoms with Gasteiger partial charge in [0.2, 0.25) is 17.5 Å². The first kappa shape index (κ1) is 20.6. The van der Waals surface area contributed by atoms with E-state index in [1.165, 1.54) is 5.69 Å². The molecule has 31 heavy (non-hydrogen) atoms. The molecule has 10 heteroatoms. The van der Waals surface area contributed by atoms with Crippen LogP contribution in [0.2, 0.25) is 0 Å². The van der Waals surface area contributed by atoms with Crippen LogP contribution in [-0.2, 0) is 4.84 Å². The average Bonchev–Trinajstić information content (AvgIpc) is 3.36. The van der Waals surface area contributed by atoms with Crippen molar-refractivity contribution in [2.24, 2.45) is 10.1 Å². The Labute approximate surface area is 180 Å². The van der Waals surface area contributed by atoms with E-state index in [9.17, 15) is 0 Å². The molecule has 1 aliphatic rings. The summed E-state index contributed by atoms with van der Waals surface area (Å²) < 4.78 is 1.62. The van der Waals surface area contributed by atoms with Gasteiger partial charge in [0.15, 0.2) is 5.71 Å². The van der Waals surface area contributed by atoms with Gasteiger partial charge in [-0.05, 0) is 44.5 Å². The summed E-state index contributed by atoms with van der Waals surface area (Å²) in [6, 6.07) is 6.25. The summed E-state index contributed by atoms with van der Waals surface area (Å²) in [6.45, 7) is 8.25. The first-order chi connectivity index (χ1) is 15.1. The molecule has 0 atom stereocenters. The molecule has 0 spiro atoms. The minimum absolute atomic E-state index is 0.490. The summed E-state index contributed by atoms with van der Waals surface area (Å²) in [7, 11) is 3.35. The summed E-state index contributed by atoms with van der Waals surface area (Å²) in [5.41, 5.74) is 4.22. The zero-order chi connectivity index (χ0) is 22.0. The largest absolute Gasteiger partial charge is 0.372 e. The number of hydrogen-bond acceptors (Lipinski definition) is 9. The lowest BCUT2D eigenvalue weighted by Gasteiger charge is -2.21. The topological polar surface area (TPSA) is 96.9 Å². The summed E-state index contributed by atoms with van der Waals surface area (Å²) in [4.78, 5) is 21.0. The van der Waals surface area contributed by atoms with E-state index in [1.807, 2.05) is 13.0 Å². The fourth-order valence-corrected chi connectivity index (χ4v) is 3.41. The third-order valence-corrected chi connectivity index (χ3v) is 5.16. The van der Waals surface area contributed by atoms with E-state index in [-0.39, 0.29) is 0 Å². The molecule has 10 nitrogen and oxygen atoms in total. The van der Waals surface area contributed by atoms with Crippen LogP contribution < -0.4 is 4.90 Å². The molecule has 0 saturated carbocycles. The van der Waals surface area contributed by atoms with Crippen LogP contribution in [0.3, 0.4) is 0 Å². The number of benzene rings is 1. The maximum absolute atomic E-state index is 5.38. The first-order valence-electron chi connectivity index (χ1n) is 10.1. The third-order valence-electron chi connectivity index (χ3n) is 5.16. The molecule has 1 aliphatic heterocycles. The lowest BCUT2D eigenvalue weighted by atomic mass is 10.1. The van der Waals surface area contributed by atoms with Gasteiger partial charge in [0, 0.05) is 38.2 Å². The van der Waals surface area contributed by atoms with Crippen molar-refractivity contribution >= 4 is 22.9 Å². The van der Waals surface area contributed by atoms with Gasteiger partial charge < -0.3 is 4.90 Å². The van der Waals surface area contributed by atoms with E-state index in [0.717, 1.165) is 24.3 Å². The number of hydroxylamine groups is 2. The maximum atomic E-state index is 5.38. The molecule has 0 fully saturated rings. The summed E-state index contributed by atoms with van der Waals surface area (Å²) in [6.07, 6.45) is 4.83. The number of rotatable bonds is 6. The van der Waals surface area contributed by atoms with Gasteiger partial charge in [0.25, 0.3) is 0 Å². The van der Waals surface area contributed by atoms with Gasteiger partial charge in [0.05, 0.1) is 19.0 Å². The molecule has 0 amide bonds. The number of fused-ring (bicyclic) bond motifs is 1. The van der Waals surface area contributed by atoms with Crippen molar-refractivity contribution in [2.45, 2.75) is 20.8 Å². The second-order valence-electron chi connectivity index (χ2n) is 6.96. The Balaban J connectivity index is 1.79. The van der Waals surface area contributed by atoms with Crippen LogP contribution in [0.4, 0.5) is 11.4 Å². The quantitative estimate of drug-likeness (QED) is 0.567. The van der Waals surface area contributed by atoms with Crippen LogP contribution in [0, 0.1) is 6.92 Å². The molecule has 0 unspecified atom stereocenters. The average molecular weight is 419 g/mol. The van der Waals surface area contributed by atoms with Crippen molar-refractivity contribution in [2.75, 3.05) is 32.1 Å². The number of amidine groups is 1. The zero-order valence-electron chi connectivity index (χ0n) is 18.3. The second-order valence-corrected chi connectivity index (χ2v) is 6.96. The molecule has 2 aromatic heterocycles. The highest BCUT2D eigenvalue weighted by molar-refractivity contribution is 6.48. The first-order valence-corrected chi connectivity index (χ1v) is 10.1. The van der Waals surface area contributed by atoms with Crippen molar-refractivity contribution in [3.8, 4) is 11.5 Å². The molecular formula is C21H25N9O. The van der Waals surface area contributed by atoms with Crippen LogP contribution in [0.5, 0.6) is 0 Å². The van der Waals surface area contributed by atoms with E-state index < -0.39 is 0 Å². The molecule has 0 radical (unpaired) electrons. The number of likely N-dealkylation sites (N-methyl/N-ethyl adjacent to an activating group) is 1. The predicted molar refractivity (Wildman–Crippen MR) is 120 cm³/mol. The highest BCUT2D eigenvalue weighted by atomic mass is 16.7. The van der Waals surface area contributed by atoms with Crippen LogP contribution >= 0.6 is 0 Å². The van der Waals surface area contributed by atoms with Crippen molar-refractivity contribution < 1.29 is 4.84 Å². The number of aliphatic imine (C=N–C) groups is 1. The molecule has 0 bridgehead atoms. The molecule has 3 aromatic rings. The standard InChI is InChI=1S/C21H25N9O/c1-6-29(7-2)15-8-9-16(14(3)12-15)24-18-20-26-25-19(17-13-22-10-11-23-17)30(20)27-21(18)28(4)31-5/h8-13H,6-7H2,1-5H3/b24-18+. The van der Waals surface area contributed by atoms with E-state index in [1.54, 1.807) is 42.5 Å². The van der Waals surface area contributed by atoms with Crippen molar-refractivity contribution in [3.63, 3.8) is 0 Å². The normalized spacial score (nSPS) is 14.0. The molecule has 0 saturated heterocycles. The number of anilines is 1. The summed E-state index contributed by atoms with van der Waals surface area (Å²) in [5, 5.41) is 14.8. The Bertz CT molecular complexity index is 1130. The van der Waals surface area contributed by atoms with Gasteiger partial charge in [-0.15, -0.1) is 15.3 Å². The van der Waals surface area contributed by atoms with Crippen LogP contribution in [0.15, 0.2) is 46.9 Å². The maximum Gasteiger partial charge on any atom is 0.207 e. The van der Waals surface area contributed by atoms with E-state index in [0.29, 0.717) is 28.9 Å². The molecule has 160 valence electrons. The molecule has 0 N–H and O–H groups in total. The van der Waals surface area contributed by atoms with E-state index in [4.69, 9.17) is 9.83 Å². The predicted octanol–water partition coefficient (Wildman–Crippen LogP) is 2.68. The highest BCUT2D eigenvalue weighted by Gasteiger charge is 2.32. The Morgan fingerprint density at radius 2 is 1.87 bits per heavy atom. The van der Waals surface area contributed by atoms with Gasteiger partial charge in [0.1, 0.15) is 5.69 Å². The molecule has 4 rings (SSSR count). The Hall–Kier alpha value is -3.66. The Morgan fingerprint density at radius 1 is 1.10 bits per heavy atom. The SMILES string of the molecule is CCN(CC)c1ccc(/N=C2/C(N(C)OC)=Nn3c2nnc3-c2cnccn2)c(C)c1. The van der Waals surface area contributed by atoms with E-state index in [2.05, 4.69) is 56.1 Å². The molecule has 1 aromatic carbocycles. The smallest absolute Gasteiger partial charge is 0.207 e. The van der Waals surface area contributed by atoms with E-state index >= 15 is 0 Å². The van der Waals surface area contributed by atoms with Crippen LogP contribution in [-0.4, -0.2) is 68.7 Å². The Morgan fingerprint density at radius 3 is 2.52 bits per heavy atom. The van der Waals surface area contributed by atoms with Crippen LogP contribution in [0.1, 0.15) is 25.2 Å². The van der Waals surface area contributed by atoms with Crippen molar-refractivity contribution in [1.82, 2.24) is 29.9 Å². The number of hydrogen-bond donors (Lipinski definition) is 0. The van der Waals surface area contributed by atoms with Gasteiger partial charge in [-0.2, -0.15) is 4.68 Å². The van der Waals surface area contributed by atoms with Gasteiger partial charge in [-0.1, -0.05) is 0 Å². The Kier molecular flexibility index (Phi) is 5.72. The fourth-order valence-electron chi connectivity index (χ4n) is 3.41. The summed E-state index contributed by atoms with van der Waals surface area (Å²) in [5.74, 6) is 1.54. The number of aryl methyl sites for hydroxylation is 1. The fraction of sp³-hybridized carbons (Fsp3) is 0.333. The number of aromatic nitrogens is 5. The highest BCUT2D eigenvalue weighted by Crippen LogP contribution is 2.28. The lowest BCUT2D eigenvalue weighted by molar-refractivity contribution is -0.0397. The van der Waals surface area contributed by atoms with Crippen molar-refractivity contribution in [1.29, 1.82) is 0 Å². The monoisotopic (exact) mass is 419 g/mol. The molecule has 0 aliphatic carbocycles. The van der Waals surface area contributed by atoms with Gasteiger partial charge in [-0.3, -0.25) is 9.82 Å². The zero-order valence-corrected chi connectivity index (χ0v) is 18.3.